The molecule has 3 amide bonds. The minimum absolute atomic E-state index is 0.0713. The first-order valence-corrected chi connectivity index (χ1v) is 10.6. The van der Waals surface area contributed by atoms with Gasteiger partial charge in [0.25, 0.3) is 17.7 Å². The lowest BCUT2D eigenvalue weighted by molar-refractivity contribution is 0.0719. The first kappa shape index (κ1) is 23.0. The van der Waals surface area contributed by atoms with Crippen molar-refractivity contribution in [1.82, 2.24) is 24.9 Å². The van der Waals surface area contributed by atoms with Gasteiger partial charge in [-0.2, -0.15) is 5.10 Å². The topological polar surface area (TPSA) is 108 Å². The summed E-state index contributed by atoms with van der Waals surface area (Å²) in [5, 5.41) is 17.6. The van der Waals surface area contributed by atoms with Crippen LogP contribution < -0.4 is 5.32 Å². The summed E-state index contributed by atoms with van der Waals surface area (Å²) in [4.78, 5) is 40.8. The van der Waals surface area contributed by atoms with Crippen LogP contribution in [-0.2, 0) is 6.54 Å². The van der Waals surface area contributed by atoms with E-state index in [9.17, 15) is 23.9 Å². The Kier molecular flexibility index (Phi) is 6.06. The molecule has 1 aliphatic rings. The van der Waals surface area contributed by atoms with E-state index in [0.717, 1.165) is 11.6 Å². The largest absolute Gasteiger partial charge is 0.504 e. The molecule has 10 heteroatoms. The summed E-state index contributed by atoms with van der Waals surface area (Å²) in [5.41, 5.74) is 1.00. The smallest absolute Gasteiger partial charge is 0.275 e. The van der Waals surface area contributed by atoms with E-state index < -0.39 is 29.3 Å². The van der Waals surface area contributed by atoms with Gasteiger partial charge >= 0.3 is 0 Å². The Morgan fingerprint density at radius 2 is 1.91 bits per heavy atom. The second kappa shape index (κ2) is 8.97. The fourth-order valence-corrected chi connectivity index (χ4v) is 3.93. The lowest BCUT2D eigenvalue weighted by atomic mass is 10.0. The molecule has 2 N–H and O–H groups in total. The zero-order valence-electron chi connectivity index (χ0n) is 18.9. The Morgan fingerprint density at radius 3 is 2.59 bits per heavy atom. The summed E-state index contributed by atoms with van der Waals surface area (Å²) in [6, 6.07) is 12.7. The average Bonchev–Trinajstić information content (AvgIpc) is 3.17. The minimum Gasteiger partial charge on any atom is -0.504 e. The molecule has 0 radical (unpaired) electrons. The molecule has 3 aromatic rings. The van der Waals surface area contributed by atoms with Crippen LogP contribution >= 0.6 is 0 Å². The third-order valence-electron chi connectivity index (χ3n) is 5.72. The van der Waals surface area contributed by atoms with Gasteiger partial charge in [-0.05, 0) is 23.3 Å². The molecule has 2 aromatic carbocycles. The Labute approximate surface area is 195 Å². The molecule has 0 saturated heterocycles. The van der Waals surface area contributed by atoms with Gasteiger partial charge in [0.2, 0.25) is 0 Å². The summed E-state index contributed by atoms with van der Waals surface area (Å²) >= 11 is 0. The summed E-state index contributed by atoms with van der Waals surface area (Å²) in [6.45, 7) is 0.217. The lowest BCUT2D eigenvalue weighted by Crippen LogP contribution is -2.41. The second-order valence-electron chi connectivity index (χ2n) is 8.29. The van der Waals surface area contributed by atoms with E-state index in [1.54, 1.807) is 21.1 Å². The predicted octanol–water partition coefficient (Wildman–Crippen LogP) is 2.03. The van der Waals surface area contributed by atoms with E-state index in [4.69, 9.17) is 0 Å². The van der Waals surface area contributed by atoms with Gasteiger partial charge in [0.15, 0.2) is 17.1 Å². The molecule has 34 heavy (non-hydrogen) atoms. The van der Waals surface area contributed by atoms with Gasteiger partial charge in [-0.25, -0.2) is 9.07 Å². The summed E-state index contributed by atoms with van der Waals surface area (Å²) in [6.07, 6.45) is 0. The number of carbonyl (C=O) groups is 3. The molecule has 0 bridgehead atoms. The molecule has 9 nitrogen and oxygen atoms in total. The SMILES string of the molecule is CN(C)C(=O)c1cc(F)ccc1CNC(=O)c1nn2c(c1O)C(=O)N(C)C[C@@H]2c1ccccc1. The second-order valence-corrected chi connectivity index (χ2v) is 8.29. The highest BCUT2D eigenvalue weighted by Crippen LogP contribution is 2.33. The van der Waals surface area contributed by atoms with Crippen LogP contribution in [0.5, 0.6) is 5.75 Å². The van der Waals surface area contributed by atoms with Crippen molar-refractivity contribution in [2.75, 3.05) is 27.7 Å². The van der Waals surface area contributed by atoms with Crippen LogP contribution in [-0.4, -0.2) is 70.1 Å². The number of carbonyl (C=O) groups excluding carboxylic acids is 3. The van der Waals surface area contributed by atoms with Crippen LogP contribution in [0, 0.1) is 5.82 Å². The number of rotatable bonds is 5. The Bertz CT molecular complexity index is 1270. The Balaban J connectivity index is 1.64. The fourth-order valence-electron chi connectivity index (χ4n) is 3.93. The zero-order chi connectivity index (χ0) is 24.6. The maximum atomic E-state index is 13.7. The molecule has 176 valence electrons. The monoisotopic (exact) mass is 465 g/mol. The molecular formula is C24H24FN5O4. The quantitative estimate of drug-likeness (QED) is 0.600. The van der Waals surface area contributed by atoms with Crippen LogP contribution in [0.1, 0.15) is 48.5 Å². The van der Waals surface area contributed by atoms with Crippen molar-refractivity contribution in [1.29, 1.82) is 0 Å². The van der Waals surface area contributed by atoms with Crippen molar-refractivity contribution in [3.05, 3.63) is 82.4 Å². The number of aromatic hydroxyl groups is 1. The van der Waals surface area contributed by atoms with Gasteiger partial charge in [-0.15, -0.1) is 0 Å². The van der Waals surface area contributed by atoms with E-state index in [-0.39, 0.29) is 29.5 Å². The minimum atomic E-state index is -0.728. The van der Waals surface area contributed by atoms with E-state index in [2.05, 4.69) is 10.4 Å². The first-order valence-electron chi connectivity index (χ1n) is 10.6. The third-order valence-corrected chi connectivity index (χ3v) is 5.72. The molecule has 0 saturated carbocycles. The summed E-state index contributed by atoms with van der Waals surface area (Å²) < 4.78 is 15.1. The Hall–Kier alpha value is -4.21. The number of halogens is 1. The van der Waals surface area contributed by atoms with Crippen molar-refractivity contribution in [3.63, 3.8) is 0 Å². The maximum Gasteiger partial charge on any atom is 0.275 e. The van der Waals surface area contributed by atoms with Crippen molar-refractivity contribution in [2.45, 2.75) is 12.6 Å². The van der Waals surface area contributed by atoms with Crippen LogP contribution in [0.3, 0.4) is 0 Å². The van der Waals surface area contributed by atoms with E-state index in [1.807, 2.05) is 30.3 Å². The summed E-state index contributed by atoms with van der Waals surface area (Å²) in [5.74, 6) is -2.68. The third kappa shape index (κ3) is 4.09. The number of hydrogen-bond acceptors (Lipinski definition) is 5. The van der Waals surface area contributed by atoms with Crippen molar-refractivity contribution in [2.24, 2.45) is 0 Å². The lowest BCUT2D eigenvalue weighted by Gasteiger charge is -2.31. The Morgan fingerprint density at radius 1 is 1.21 bits per heavy atom. The highest BCUT2D eigenvalue weighted by molar-refractivity contribution is 6.02. The van der Waals surface area contributed by atoms with Crippen LogP contribution in [0.2, 0.25) is 0 Å². The molecule has 0 aliphatic carbocycles. The fraction of sp³-hybridized carbons (Fsp3) is 0.250. The number of nitrogens with one attached hydrogen (secondary N) is 1. The number of fused-ring (bicyclic) bond motifs is 1. The highest BCUT2D eigenvalue weighted by Gasteiger charge is 2.37. The first-order chi connectivity index (χ1) is 16.2. The number of hydrogen-bond donors (Lipinski definition) is 2. The van der Waals surface area contributed by atoms with Gasteiger partial charge in [0.1, 0.15) is 5.82 Å². The number of benzene rings is 2. The molecule has 1 aromatic heterocycles. The average molecular weight is 465 g/mol. The van der Waals surface area contributed by atoms with Crippen molar-refractivity contribution >= 4 is 17.7 Å². The molecule has 2 heterocycles. The van der Waals surface area contributed by atoms with Gasteiger partial charge in [0.05, 0.1) is 6.04 Å². The van der Waals surface area contributed by atoms with Gasteiger partial charge in [-0.3, -0.25) is 14.4 Å². The van der Waals surface area contributed by atoms with Crippen LogP contribution in [0.4, 0.5) is 4.39 Å². The molecule has 1 atom stereocenters. The number of nitrogens with zero attached hydrogens (tertiary/aromatic N) is 4. The number of amides is 3. The highest BCUT2D eigenvalue weighted by atomic mass is 19.1. The normalized spacial score (nSPS) is 15.1. The van der Waals surface area contributed by atoms with Crippen LogP contribution in [0.15, 0.2) is 48.5 Å². The van der Waals surface area contributed by atoms with Crippen LogP contribution in [0.25, 0.3) is 0 Å². The van der Waals surface area contributed by atoms with E-state index >= 15 is 0 Å². The number of aromatic nitrogens is 2. The van der Waals surface area contributed by atoms with Gasteiger partial charge in [0, 0.05) is 39.8 Å². The molecule has 0 spiro atoms. The standard InChI is InChI=1S/C24H24FN5O4/c1-28(2)23(33)17-11-16(25)10-9-15(17)12-26-22(32)19-21(31)20-24(34)29(3)13-18(30(20)27-19)14-7-5-4-6-8-14/h4-11,18,31H,12-13H2,1-3H3,(H,26,32)/t18-/m1/s1. The van der Waals surface area contributed by atoms with E-state index in [0.29, 0.717) is 12.1 Å². The predicted molar refractivity (Wildman–Crippen MR) is 121 cm³/mol. The van der Waals surface area contributed by atoms with Crippen molar-refractivity contribution < 1.29 is 23.9 Å². The summed E-state index contributed by atoms with van der Waals surface area (Å²) in [7, 11) is 4.70. The molecular weight excluding hydrogens is 441 g/mol. The molecule has 0 unspecified atom stereocenters. The number of likely N-dealkylation sites (N-methyl/N-ethyl adjacent to an activating group) is 1. The molecule has 0 fully saturated rings. The maximum absolute atomic E-state index is 13.7. The zero-order valence-corrected chi connectivity index (χ0v) is 18.9. The van der Waals surface area contributed by atoms with Gasteiger partial charge in [-0.1, -0.05) is 36.4 Å². The molecule has 4 rings (SSSR count). The van der Waals surface area contributed by atoms with Gasteiger partial charge < -0.3 is 20.2 Å². The molecule has 1 aliphatic heterocycles. The van der Waals surface area contributed by atoms with E-state index in [1.165, 1.54) is 26.6 Å². The van der Waals surface area contributed by atoms with Crippen molar-refractivity contribution in [3.8, 4) is 5.75 Å².